The molecule has 0 bridgehead atoms. The molecule has 64 valence electrons. The first kappa shape index (κ1) is 8.02. The van der Waals surface area contributed by atoms with Crippen LogP contribution >= 0.6 is 11.6 Å². The Morgan fingerprint density at radius 1 is 1.50 bits per heavy atom. The van der Waals surface area contributed by atoms with Crippen molar-refractivity contribution in [2.75, 3.05) is 0 Å². The Morgan fingerprint density at radius 3 is 2.67 bits per heavy atom. The quantitative estimate of drug-likeness (QED) is 0.714. The Morgan fingerprint density at radius 2 is 2.17 bits per heavy atom. The summed E-state index contributed by atoms with van der Waals surface area (Å²) in [7, 11) is 0. The summed E-state index contributed by atoms with van der Waals surface area (Å²) in [5.41, 5.74) is 6.59. The zero-order valence-electron chi connectivity index (χ0n) is 6.43. The van der Waals surface area contributed by atoms with Gasteiger partial charge in [0, 0.05) is 12.0 Å². The molecule has 2 rings (SSSR count). The van der Waals surface area contributed by atoms with Crippen molar-refractivity contribution < 1.29 is 4.39 Å². The van der Waals surface area contributed by atoms with Gasteiger partial charge in [-0.15, -0.1) is 0 Å². The van der Waals surface area contributed by atoms with Gasteiger partial charge in [-0.25, -0.2) is 4.39 Å². The molecule has 0 aliphatic heterocycles. The fourth-order valence-electron chi connectivity index (χ4n) is 1.34. The van der Waals surface area contributed by atoms with E-state index >= 15 is 0 Å². The van der Waals surface area contributed by atoms with Crippen molar-refractivity contribution in [1.82, 2.24) is 0 Å². The van der Waals surface area contributed by atoms with Crippen molar-refractivity contribution in [3.8, 4) is 0 Å². The standard InChI is InChI=1S/C9H9ClFN/c10-7-2-1-5(3-8(7)11)6-4-9(6)12/h1-3,6,9H,4,12H2/t6-,9+/m0/s1. The lowest BCUT2D eigenvalue weighted by atomic mass is 10.1. The predicted molar refractivity (Wildman–Crippen MR) is 46.7 cm³/mol. The predicted octanol–water partition coefficient (Wildman–Crippen LogP) is 2.29. The molecule has 3 heteroatoms. The van der Waals surface area contributed by atoms with Crippen molar-refractivity contribution in [2.24, 2.45) is 5.73 Å². The second-order valence-electron chi connectivity index (χ2n) is 3.18. The molecule has 2 atom stereocenters. The lowest BCUT2D eigenvalue weighted by Crippen LogP contribution is -2.01. The molecule has 12 heavy (non-hydrogen) atoms. The maximum atomic E-state index is 12.9. The second kappa shape index (κ2) is 2.71. The van der Waals surface area contributed by atoms with E-state index < -0.39 is 0 Å². The molecule has 2 N–H and O–H groups in total. The molecule has 0 saturated heterocycles. The smallest absolute Gasteiger partial charge is 0.142 e. The molecule has 0 heterocycles. The van der Waals surface area contributed by atoms with E-state index in [0.717, 1.165) is 12.0 Å². The first-order chi connectivity index (χ1) is 5.68. The highest BCUT2D eigenvalue weighted by Crippen LogP contribution is 2.39. The van der Waals surface area contributed by atoms with Crippen LogP contribution in [0.5, 0.6) is 0 Å². The summed E-state index contributed by atoms with van der Waals surface area (Å²) in [6, 6.07) is 5.10. The topological polar surface area (TPSA) is 26.0 Å². The van der Waals surface area contributed by atoms with Crippen molar-refractivity contribution in [3.05, 3.63) is 34.6 Å². The van der Waals surface area contributed by atoms with E-state index in [4.69, 9.17) is 17.3 Å². The number of rotatable bonds is 1. The Balaban J connectivity index is 2.29. The summed E-state index contributed by atoms with van der Waals surface area (Å²) in [4.78, 5) is 0. The highest BCUT2D eigenvalue weighted by atomic mass is 35.5. The minimum atomic E-state index is -0.353. The maximum Gasteiger partial charge on any atom is 0.142 e. The summed E-state index contributed by atoms with van der Waals surface area (Å²) in [6.45, 7) is 0. The van der Waals surface area contributed by atoms with Crippen molar-refractivity contribution in [1.29, 1.82) is 0 Å². The Kier molecular flexibility index (Phi) is 1.81. The van der Waals surface area contributed by atoms with Crippen molar-refractivity contribution >= 4 is 11.6 Å². The van der Waals surface area contributed by atoms with Crippen LogP contribution in [-0.4, -0.2) is 6.04 Å². The summed E-state index contributed by atoms with van der Waals surface area (Å²) in [5.74, 6) is -0.00923. The summed E-state index contributed by atoms with van der Waals surface area (Å²) in [5, 5.41) is 0.174. The van der Waals surface area contributed by atoms with E-state index in [0.29, 0.717) is 5.92 Å². The van der Waals surface area contributed by atoms with Gasteiger partial charge < -0.3 is 5.73 Å². The highest BCUT2D eigenvalue weighted by molar-refractivity contribution is 6.30. The first-order valence-electron chi connectivity index (χ1n) is 3.89. The van der Waals surface area contributed by atoms with Crippen LogP contribution in [-0.2, 0) is 0 Å². The second-order valence-corrected chi connectivity index (χ2v) is 3.59. The molecule has 0 unspecified atom stereocenters. The monoisotopic (exact) mass is 185 g/mol. The fourth-order valence-corrected chi connectivity index (χ4v) is 1.46. The molecule has 1 nitrogen and oxygen atoms in total. The van der Waals surface area contributed by atoms with Crippen molar-refractivity contribution in [2.45, 2.75) is 18.4 Å². The molecule has 0 radical (unpaired) electrons. The highest BCUT2D eigenvalue weighted by Gasteiger charge is 2.34. The Bertz CT molecular complexity index is 313. The van der Waals surface area contributed by atoms with Gasteiger partial charge in [0.25, 0.3) is 0 Å². The lowest BCUT2D eigenvalue weighted by Gasteiger charge is -1.99. The van der Waals surface area contributed by atoms with E-state index in [1.165, 1.54) is 6.07 Å². The third-order valence-corrected chi connectivity index (χ3v) is 2.52. The van der Waals surface area contributed by atoms with Crippen LogP contribution in [0.4, 0.5) is 4.39 Å². The average molecular weight is 186 g/mol. The number of hydrogen-bond donors (Lipinski definition) is 1. The number of halogens is 2. The van der Waals surface area contributed by atoms with Gasteiger partial charge in [0.2, 0.25) is 0 Å². The fraction of sp³-hybridized carbons (Fsp3) is 0.333. The third kappa shape index (κ3) is 1.32. The summed E-state index contributed by atoms with van der Waals surface area (Å²) in [6.07, 6.45) is 0.959. The molecule has 1 aromatic carbocycles. The number of hydrogen-bond acceptors (Lipinski definition) is 1. The SMILES string of the molecule is N[C@@H]1C[C@H]1c1ccc(Cl)c(F)c1. The van der Waals surface area contributed by atoms with Crippen LogP contribution < -0.4 is 5.73 Å². The Labute approximate surface area is 75.3 Å². The lowest BCUT2D eigenvalue weighted by molar-refractivity contribution is 0.625. The molecular weight excluding hydrogens is 177 g/mol. The van der Waals surface area contributed by atoms with Gasteiger partial charge in [0.1, 0.15) is 5.82 Å². The third-order valence-electron chi connectivity index (χ3n) is 2.21. The average Bonchev–Trinajstić information content (AvgIpc) is 2.73. The van der Waals surface area contributed by atoms with Crippen LogP contribution in [0.3, 0.4) is 0 Å². The van der Waals surface area contributed by atoms with E-state index in [9.17, 15) is 4.39 Å². The van der Waals surface area contributed by atoms with Crippen LogP contribution in [0.15, 0.2) is 18.2 Å². The molecule has 1 aliphatic carbocycles. The molecule has 0 spiro atoms. The largest absolute Gasteiger partial charge is 0.327 e. The van der Waals surface area contributed by atoms with Crippen LogP contribution in [0.1, 0.15) is 17.9 Å². The van der Waals surface area contributed by atoms with Crippen LogP contribution in [0.2, 0.25) is 5.02 Å². The zero-order valence-corrected chi connectivity index (χ0v) is 7.18. The van der Waals surface area contributed by atoms with E-state index in [1.54, 1.807) is 6.07 Å². The normalized spacial score (nSPS) is 27.2. The van der Waals surface area contributed by atoms with Gasteiger partial charge in [-0.05, 0) is 24.1 Å². The first-order valence-corrected chi connectivity index (χ1v) is 4.27. The minimum Gasteiger partial charge on any atom is -0.327 e. The van der Waals surface area contributed by atoms with E-state index in [1.807, 2.05) is 6.07 Å². The van der Waals surface area contributed by atoms with Crippen molar-refractivity contribution in [3.63, 3.8) is 0 Å². The van der Waals surface area contributed by atoms with Gasteiger partial charge in [0.15, 0.2) is 0 Å². The molecule has 1 aliphatic rings. The van der Waals surface area contributed by atoms with E-state index in [-0.39, 0.29) is 16.9 Å². The summed E-state index contributed by atoms with van der Waals surface area (Å²) >= 11 is 5.54. The van der Waals surface area contributed by atoms with Gasteiger partial charge >= 0.3 is 0 Å². The molecular formula is C9H9ClFN. The van der Waals surface area contributed by atoms with Crippen LogP contribution in [0, 0.1) is 5.82 Å². The minimum absolute atomic E-state index is 0.174. The van der Waals surface area contributed by atoms with Gasteiger partial charge in [-0.2, -0.15) is 0 Å². The molecule has 1 aromatic rings. The van der Waals surface area contributed by atoms with Gasteiger partial charge in [0.05, 0.1) is 5.02 Å². The molecule has 0 aromatic heterocycles. The zero-order chi connectivity index (χ0) is 8.72. The molecule has 1 fully saturated rings. The van der Waals surface area contributed by atoms with E-state index in [2.05, 4.69) is 0 Å². The maximum absolute atomic E-state index is 12.9. The Hall–Kier alpha value is -0.600. The van der Waals surface area contributed by atoms with Gasteiger partial charge in [-0.1, -0.05) is 17.7 Å². The number of nitrogens with two attached hydrogens (primary N) is 1. The number of benzene rings is 1. The van der Waals surface area contributed by atoms with Gasteiger partial charge in [-0.3, -0.25) is 0 Å². The summed E-state index contributed by atoms with van der Waals surface area (Å²) < 4.78 is 12.9. The molecule has 0 amide bonds. The molecule has 1 saturated carbocycles. The van der Waals surface area contributed by atoms with Crippen LogP contribution in [0.25, 0.3) is 0 Å².